The van der Waals surface area contributed by atoms with Gasteiger partial charge >= 0.3 is 0 Å². The zero-order valence-corrected chi connectivity index (χ0v) is 14.2. The molecule has 2 saturated heterocycles. The number of likely N-dealkylation sites (tertiary alicyclic amines) is 1. The lowest BCUT2D eigenvalue weighted by molar-refractivity contribution is -0.0869. The summed E-state index contributed by atoms with van der Waals surface area (Å²) in [7, 11) is 0. The van der Waals surface area contributed by atoms with Crippen LogP contribution >= 0.6 is 0 Å². The molecule has 2 aliphatic rings. The molecule has 2 fully saturated rings. The van der Waals surface area contributed by atoms with Gasteiger partial charge in [0.2, 0.25) is 0 Å². The van der Waals surface area contributed by atoms with Gasteiger partial charge in [-0.25, -0.2) is 8.78 Å². The van der Waals surface area contributed by atoms with Gasteiger partial charge in [0.25, 0.3) is 5.89 Å². The van der Waals surface area contributed by atoms with E-state index in [1.165, 1.54) is 12.1 Å². The monoisotopic (exact) mass is 349 g/mol. The highest BCUT2D eigenvalue weighted by molar-refractivity contribution is 5.18. The summed E-state index contributed by atoms with van der Waals surface area (Å²) in [4.78, 5) is 6.53. The molecule has 3 heterocycles. The van der Waals surface area contributed by atoms with Gasteiger partial charge in [0.15, 0.2) is 17.5 Å². The normalized spacial score (nSPS) is 23.4. The first-order chi connectivity index (χ1) is 12.0. The van der Waals surface area contributed by atoms with Crippen molar-refractivity contribution in [3.8, 4) is 0 Å². The quantitative estimate of drug-likeness (QED) is 0.848. The van der Waals surface area contributed by atoms with E-state index < -0.39 is 11.6 Å². The van der Waals surface area contributed by atoms with E-state index in [0.29, 0.717) is 18.3 Å². The number of hydrogen-bond donors (Lipinski definition) is 0. The smallest absolute Gasteiger partial charge is 0.255 e. The molecule has 0 saturated carbocycles. The molecule has 5 nitrogen and oxygen atoms in total. The molecule has 0 aliphatic carbocycles. The third-order valence-electron chi connectivity index (χ3n) is 5.23. The third-order valence-corrected chi connectivity index (χ3v) is 5.23. The number of piperidine rings is 1. The molecular formula is C18H21F2N3O2. The van der Waals surface area contributed by atoms with Gasteiger partial charge in [0.1, 0.15) is 6.10 Å². The molecule has 25 heavy (non-hydrogen) atoms. The van der Waals surface area contributed by atoms with Gasteiger partial charge in [-0.1, -0.05) is 11.2 Å². The minimum absolute atomic E-state index is 0.112. The molecule has 4 rings (SSSR count). The minimum atomic E-state index is -0.803. The van der Waals surface area contributed by atoms with E-state index in [0.717, 1.165) is 44.3 Å². The van der Waals surface area contributed by atoms with Crippen molar-refractivity contribution in [2.45, 2.75) is 50.9 Å². The fourth-order valence-electron chi connectivity index (χ4n) is 3.81. The van der Waals surface area contributed by atoms with Gasteiger partial charge in [-0.05, 0) is 50.3 Å². The Bertz CT molecular complexity index is 757. The van der Waals surface area contributed by atoms with E-state index in [-0.39, 0.29) is 11.7 Å². The fourth-order valence-corrected chi connectivity index (χ4v) is 3.81. The van der Waals surface area contributed by atoms with Crippen molar-refractivity contribution in [2.24, 2.45) is 0 Å². The number of halogens is 2. The van der Waals surface area contributed by atoms with Crippen molar-refractivity contribution in [1.29, 1.82) is 0 Å². The highest BCUT2D eigenvalue weighted by Gasteiger charge is 2.44. The van der Waals surface area contributed by atoms with E-state index in [2.05, 4.69) is 15.0 Å². The number of aromatic nitrogens is 2. The van der Waals surface area contributed by atoms with E-state index in [4.69, 9.17) is 9.26 Å². The number of nitrogens with zero attached hydrogens (tertiary/aromatic N) is 3. The van der Waals surface area contributed by atoms with Crippen LogP contribution in [0.25, 0.3) is 0 Å². The van der Waals surface area contributed by atoms with Gasteiger partial charge in [-0.3, -0.25) is 4.90 Å². The van der Waals surface area contributed by atoms with Gasteiger partial charge in [0.05, 0.1) is 5.60 Å². The van der Waals surface area contributed by atoms with Crippen molar-refractivity contribution in [2.75, 3.05) is 13.1 Å². The molecule has 0 N–H and O–H groups in total. The predicted octanol–water partition coefficient (Wildman–Crippen LogP) is 3.54. The molecule has 2 aliphatic heterocycles. The second kappa shape index (κ2) is 6.46. The predicted molar refractivity (Wildman–Crippen MR) is 85.7 cm³/mol. The molecule has 1 atom stereocenters. The van der Waals surface area contributed by atoms with E-state index in [1.54, 1.807) is 13.0 Å². The van der Waals surface area contributed by atoms with Crippen LogP contribution in [0.5, 0.6) is 0 Å². The Morgan fingerprint density at radius 1 is 1.20 bits per heavy atom. The number of aryl methyl sites for hydroxylation is 1. The molecule has 2 aromatic rings. The highest BCUT2D eigenvalue weighted by atomic mass is 19.2. The Morgan fingerprint density at radius 3 is 2.68 bits per heavy atom. The molecule has 134 valence electrons. The summed E-state index contributed by atoms with van der Waals surface area (Å²) in [5.74, 6) is -0.398. The Balaban J connectivity index is 1.34. The molecule has 1 aromatic heterocycles. The largest absolute Gasteiger partial charge is 0.362 e. The summed E-state index contributed by atoms with van der Waals surface area (Å²) >= 11 is 0. The second-order valence-corrected chi connectivity index (χ2v) is 7.03. The lowest BCUT2D eigenvalue weighted by Crippen LogP contribution is -2.43. The van der Waals surface area contributed by atoms with Crippen LogP contribution in [0, 0.1) is 18.6 Å². The maximum atomic E-state index is 13.3. The number of rotatable bonds is 3. The number of ether oxygens (including phenoxy) is 1. The Morgan fingerprint density at radius 2 is 2.00 bits per heavy atom. The summed E-state index contributed by atoms with van der Waals surface area (Å²) < 4.78 is 37.9. The zero-order chi connectivity index (χ0) is 17.4. The summed E-state index contributed by atoms with van der Waals surface area (Å²) in [5, 5.41) is 3.84. The van der Waals surface area contributed by atoms with Crippen molar-refractivity contribution in [3.05, 3.63) is 47.1 Å². The summed E-state index contributed by atoms with van der Waals surface area (Å²) in [6.07, 6.45) is 3.60. The number of benzene rings is 1. The first-order valence-corrected chi connectivity index (χ1v) is 8.67. The van der Waals surface area contributed by atoms with Crippen LogP contribution in [0.4, 0.5) is 8.78 Å². The zero-order valence-electron chi connectivity index (χ0n) is 14.2. The fraction of sp³-hybridized carbons (Fsp3) is 0.556. The first kappa shape index (κ1) is 16.6. The molecule has 1 unspecified atom stereocenters. The average Bonchev–Trinajstić information content (AvgIpc) is 3.20. The van der Waals surface area contributed by atoms with Crippen LogP contribution < -0.4 is 0 Å². The summed E-state index contributed by atoms with van der Waals surface area (Å²) in [6, 6.07) is 4.11. The highest BCUT2D eigenvalue weighted by Crippen LogP contribution is 2.44. The lowest BCUT2D eigenvalue weighted by atomic mass is 9.88. The van der Waals surface area contributed by atoms with Gasteiger partial charge in [-0.15, -0.1) is 0 Å². The summed E-state index contributed by atoms with van der Waals surface area (Å²) in [5.41, 5.74) is 0.666. The molecule has 7 heteroatoms. The van der Waals surface area contributed by atoms with Crippen LogP contribution in [-0.2, 0) is 11.3 Å². The molecule has 0 amide bonds. The van der Waals surface area contributed by atoms with Gasteiger partial charge in [-0.2, -0.15) is 4.98 Å². The van der Waals surface area contributed by atoms with Crippen molar-refractivity contribution in [1.82, 2.24) is 15.0 Å². The lowest BCUT2D eigenvalue weighted by Gasteiger charge is -2.39. The van der Waals surface area contributed by atoms with E-state index in [1.807, 2.05) is 0 Å². The van der Waals surface area contributed by atoms with Crippen LogP contribution in [0.3, 0.4) is 0 Å². The van der Waals surface area contributed by atoms with Crippen LogP contribution in [0.2, 0.25) is 0 Å². The topological polar surface area (TPSA) is 51.4 Å². The minimum Gasteiger partial charge on any atom is -0.362 e. The van der Waals surface area contributed by atoms with Crippen molar-refractivity contribution in [3.63, 3.8) is 0 Å². The Labute approximate surface area is 145 Å². The Hall–Kier alpha value is -1.86. The first-order valence-electron chi connectivity index (χ1n) is 8.67. The summed E-state index contributed by atoms with van der Waals surface area (Å²) in [6.45, 7) is 4.16. The van der Waals surface area contributed by atoms with Gasteiger partial charge < -0.3 is 9.26 Å². The standard InChI is InChI=1S/C18H21F2N3O2/c1-12-21-17(25-22-12)16-4-5-18(24-16)6-8-23(9-7-18)11-13-2-3-14(19)15(20)10-13/h2-3,10,16H,4-9,11H2,1H3. The average molecular weight is 349 g/mol. The van der Waals surface area contributed by atoms with Crippen LogP contribution in [-0.4, -0.2) is 33.7 Å². The maximum absolute atomic E-state index is 13.3. The maximum Gasteiger partial charge on any atom is 0.255 e. The van der Waals surface area contributed by atoms with Crippen molar-refractivity contribution >= 4 is 0 Å². The second-order valence-electron chi connectivity index (χ2n) is 7.03. The van der Waals surface area contributed by atoms with Gasteiger partial charge in [0, 0.05) is 19.6 Å². The third kappa shape index (κ3) is 3.43. The molecule has 0 radical (unpaired) electrons. The van der Waals surface area contributed by atoms with E-state index in [9.17, 15) is 8.78 Å². The van der Waals surface area contributed by atoms with Crippen LogP contribution in [0.1, 0.15) is 49.1 Å². The molecule has 1 aromatic carbocycles. The molecular weight excluding hydrogens is 328 g/mol. The van der Waals surface area contributed by atoms with Crippen LogP contribution in [0.15, 0.2) is 22.7 Å². The Kier molecular flexibility index (Phi) is 4.29. The molecule has 0 bridgehead atoms. The molecule has 1 spiro atoms. The number of hydrogen-bond acceptors (Lipinski definition) is 5. The van der Waals surface area contributed by atoms with Crippen molar-refractivity contribution < 1.29 is 18.0 Å². The van der Waals surface area contributed by atoms with E-state index >= 15 is 0 Å². The SMILES string of the molecule is Cc1noc(C2CCC3(CCN(Cc4ccc(F)c(F)c4)CC3)O2)n1.